The van der Waals surface area contributed by atoms with Gasteiger partial charge in [0.1, 0.15) is 10.7 Å². The number of nitrogens with zero attached hydrogens (tertiary/aromatic N) is 1. The number of benzene rings is 1. The van der Waals surface area contributed by atoms with Crippen LogP contribution in [0.15, 0.2) is 24.3 Å². The van der Waals surface area contributed by atoms with Gasteiger partial charge in [-0.3, -0.25) is 0 Å². The lowest BCUT2D eigenvalue weighted by atomic mass is 9.97. The third-order valence-corrected chi connectivity index (χ3v) is 4.19. The lowest BCUT2D eigenvalue weighted by molar-refractivity contribution is 0.0334. The van der Waals surface area contributed by atoms with Crippen LogP contribution in [-0.4, -0.2) is 47.3 Å². The average molecular weight is 308 g/mol. The predicted octanol–water partition coefficient (Wildman–Crippen LogP) is 1.79. The Balaban J connectivity index is 1.70. The zero-order valence-electron chi connectivity index (χ0n) is 12.5. The molecule has 3 N–H and O–H groups in total. The summed E-state index contributed by atoms with van der Waals surface area (Å²) in [5.74, 6) is 1.17. The largest absolute Gasteiger partial charge is 0.494 e. The van der Waals surface area contributed by atoms with Gasteiger partial charge in [0.2, 0.25) is 0 Å². The molecule has 0 bridgehead atoms. The van der Waals surface area contributed by atoms with Crippen molar-refractivity contribution in [2.75, 3.05) is 26.2 Å². The molecule has 0 aromatic heterocycles. The molecule has 0 aliphatic carbocycles. The second-order valence-corrected chi connectivity index (χ2v) is 6.17. The summed E-state index contributed by atoms with van der Waals surface area (Å²) in [5.41, 5.74) is 6.44. The van der Waals surface area contributed by atoms with Crippen molar-refractivity contribution in [3.05, 3.63) is 29.8 Å². The number of hydrogen-bond donors (Lipinski definition) is 2. The average Bonchev–Trinajstić information content (AvgIpc) is 2.47. The first-order valence-corrected chi connectivity index (χ1v) is 7.90. The smallest absolute Gasteiger partial charge is 0.119 e. The minimum atomic E-state index is -0.139. The van der Waals surface area contributed by atoms with Crippen molar-refractivity contribution in [1.82, 2.24) is 4.90 Å². The molecule has 1 heterocycles. The Morgan fingerprint density at radius 1 is 1.52 bits per heavy atom. The highest BCUT2D eigenvalue weighted by Gasteiger charge is 2.23. The van der Waals surface area contributed by atoms with Gasteiger partial charge in [-0.25, -0.2) is 0 Å². The summed E-state index contributed by atoms with van der Waals surface area (Å²) in [5, 5.41) is 9.71. The molecule has 2 atom stereocenters. The zero-order chi connectivity index (χ0) is 15.2. The van der Waals surface area contributed by atoms with E-state index in [0.717, 1.165) is 43.8 Å². The second kappa shape index (κ2) is 7.73. The first kappa shape index (κ1) is 16.2. The van der Waals surface area contributed by atoms with Gasteiger partial charge in [0.25, 0.3) is 0 Å². The molecule has 21 heavy (non-hydrogen) atoms. The fraction of sp³-hybridized carbons (Fsp3) is 0.562. The number of aliphatic hydroxyl groups is 1. The van der Waals surface area contributed by atoms with Gasteiger partial charge in [0.05, 0.1) is 12.7 Å². The molecule has 0 amide bonds. The van der Waals surface area contributed by atoms with Crippen molar-refractivity contribution in [2.45, 2.75) is 25.9 Å². The van der Waals surface area contributed by atoms with Crippen LogP contribution in [0.3, 0.4) is 0 Å². The Morgan fingerprint density at radius 3 is 3.05 bits per heavy atom. The van der Waals surface area contributed by atoms with Crippen molar-refractivity contribution < 1.29 is 9.84 Å². The molecule has 1 saturated heterocycles. The molecule has 0 saturated carbocycles. The number of nitrogens with two attached hydrogens (primary N) is 1. The van der Waals surface area contributed by atoms with Gasteiger partial charge in [-0.1, -0.05) is 31.3 Å². The van der Waals surface area contributed by atoms with Gasteiger partial charge in [0.15, 0.2) is 0 Å². The van der Waals surface area contributed by atoms with E-state index in [9.17, 15) is 5.11 Å². The molecule has 1 aliphatic rings. The number of hydrogen-bond acceptors (Lipinski definition) is 4. The highest BCUT2D eigenvalue weighted by atomic mass is 32.1. The van der Waals surface area contributed by atoms with Gasteiger partial charge in [0, 0.05) is 25.2 Å². The van der Waals surface area contributed by atoms with E-state index in [-0.39, 0.29) is 6.10 Å². The lowest BCUT2D eigenvalue weighted by Crippen LogP contribution is -2.42. The summed E-state index contributed by atoms with van der Waals surface area (Å²) in [7, 11) is 0. The highest BCUT2D eigenvalue weighted by molar-refractivity contribution is 7.80. The Labute approximate surface area is 131 Å². The summed E-state index contributed by atoms with van der Waals surface area (Å²) in [6.45, 7) is 5.73. The number of piperidine rings is 1. The number of likely N-dealkylation sites (tertiary alicyclic amines) is 1. The Kier molecular flexibility index (Phi) is 5.96. The van der Waals surface area contributed by atoms with Crippen LogP contribution in [0.4, 0.5) is 0 Å². The van der Waals surface area contributed by atoms with Crippen molar-refractivity contribution in [3.63, 3.8) is 0 Å². The maximum atomic E-state index is 9.71. The Bertz CT molecular complexity index is 481. The van der Waals surface area contributed by atoms with Crippen LogP contribution in [-0.2, 0) is 0 Å². The van der Waals surface area contributed by atoms with Crippen molar-refractivity contribution >= 4 is 17.2 Å². The maximum absolute atomic E-state index is 9.71. The van der Waals surface area contributed by atoms with Crippen LogP contribution < -0.4 is 10.5 Å². The van der Waals surface area contributed by atoms with E-state index in [0.29, 0.717) is 17.5 Å². The molecular formula is C16H24N2O2S. The first-order chi connectivity index (χ1) is 10.1. The summed E-state index contributed by atoms with van der Waals surface area (Å²) >= 11 is 4.96. The van der Waals surface area contributed by atoms with E-state index in [1.54, 1.807) is 0 Å². The standard InChI is InChI=1S/C16H24N2O2S/c1-12-11-18(8-6-15(12)19)7-3-9-20-14-5-2-4-13(10-14)16(17)21/h2,4-5,10,12,15,19H,3,6-9,11H2,1H3,(H2,17,21). The molecule has 0 radical (unpaired) electrons. The van der Waals surface area contributed by atoms with E-state index < -0.39 is 0 Å². The third kappa shape index (κ3) is 4.95. The molecule has 0 spiro atoms. The highest BCUT2D eigenvalue weighted by Crippen LogP contribution is 2.17. The molecule has 2 rings (SSSR count). The van der Waals surface area contributed by atoms with Gasteiger partial charge >= 0.3 is 0 Å². The van der Waals surface area contributed by atoms with Crippen molar-refractivity contribution in [3.8, 4) is 5.75 Å². The lowest BCUT2D eigenvalue weighted by Gasteiger charge is -2.34. The predicted molar refractivity (Wildman–Crippen MR) is 88.7 cm³/mol. The molecule has 4 nitrogen and oxygen atoms in total. The van der Waals surface area contributed by atoms with Gasteiger partial charge in [-0.05, 0) is 30.9 Å². The second-order valence-electron chi connectivity index (χ2n) is 5.73. The normalized spacial score (nSPS) is 23.0. The van der Waals surface area contributed by atoms with Gasteiger partial charge in [-0.2, -0.15) is 0 Å². The summed E-state index contributed by atoms with van der Waals surface area (Å²) in [6.07, 6.45) is 1.71. The number of aliphatic hydroxyl groups excluding tert-OH is 1. The van der Waals surface area contributed by atoms with E-state index in [4.69, 9.17) is 22.7 Å². The van der Waals surface area contributed by atoms with Crippen LogP contribution in [0.2, 0.25) is 0 Å². The molecule has 1 aromatic carbocycles. The van der Waals surface area contributed by atoms with Crippen LogP contribution >= 0.6 is 12.2 Å². The Morgan fingerprint density at radius 2 is 2.33 bits per heavy atom. The van der Waals surface area contributed by atoms with Crippen molar-refractivity contribution in [1.29, 1.82) is 0 Å². The summed E-state index contributed by atoms with van der Waals surface area (Å²) in [6, 6.07) is 7.58. The first-order valence-electron chi connectivity index (χ1n) is 7.49. The van der Waals surface area contributed by atoms with Gasteiger partial charge < -0.3 is 20.5 Å². The Hall–Kier alpha value is -1.17. The number of ether oxygens (including phenoxy) is 1. The quantitative estimate of drug-likeness (QED) is 0.620. The molecular weight excluding hydrogens is 284 g/mol. The molecule has 1 fully saturated rings. The van der Waals surface area contributed by atoms with Gasteiger partial charge in [-0.15, -0.1) is 0 Å². The monoisotopic (exact) mass is 308 g/mol. The van der Waals surface area contributed by atoms with Crippen LogP contribution in [0.25, 0.3) is 0 Å². The zero-order valence-corrected chi connectivity index (χ0v) is 13.3. The van der Waals surface area contributed by atoms with Crippen LogP contribution in [0.5, 0.6) is 5.75 Å². The van der Waals surface area contributed by atoms with E-state index in [1.807, 2.05) is 24.3 Å². The minimum Gasteiger partial charge on any atom is -0.494 e. The number of thiocarbonyl (C=S) groups is 1. The molecule has 2 unspecified atom stereocenters. The molecule has 1 aliphatic heterocycles. The van der Waals surface area contributed by atoms with Crippen LogP contribution in [0, 0.1) is 5.92 Å². The third-order valence-electron chi connectivity index (χ3n) is 3.95. The maximum Gasteiger partial charge on any atom is 0.119 e. The summed E-state index contributed by atoms with van der Waals surface area (Å²) < 4.78 is 5.74. The van der Waals surface area contributed by atoms with E-state index in [1.165, 1.54) is 0 Å². The minimum absolute atomic E-state index is 0.139. The fourth-order valence-electron chi connectivity index (χ4n) is 2.64. The molecule has 1 aromatic rings. The molecule has 5 heteroatoms. The number of rotatable bonds is 6. The molecule has 116 valence electrons. The van der Waals surface area contributed by atoms with Crippen molar-refractivity contribution in [2.24, 2.45) is 11.7 Å². The SMILES string of the molecule is CC1CN(CCCOc2cccc(C(N)=S)c2)CCC1O. The van der Waals surface area contributed by atoms with Crippen LogP contribution in [0.1, 0.15) is 25.3 Å². The topological polar surface area (TPSA) is 58.7 Å². The summed E-state index contributed by atoms with van der Waals surface area (Å²) in [4.78, 5) is 2.79. The fourth-order valence-corrected chi connectivity index (χ4v) is 2.77. The van der Waals surface area contributed by atoms with E-state index in [2.05, 4.69) is 11.8 Å². The van der Waals surface area contributed by atoms with E-state index >= 15 is 0 Å².